The molecule has 0 aromatic rings. The molecule has 4 amide bonds. The van der Waals surface area contributed by atoms with Crippen LogP contribution in [0.4, 0.5) is 4.79 Å². The van der Waals surface area contributed by atoms with Crippen LogP contribution in [0.25, 0.3) is 0 Å². The van der Waals surface area contributed by atoms with E-state index in [1.165, 1.54) is 25.7 Å². The predicted octanol–water partition coefficient (Wildman–Crippen LogP) is 1.01. The van der Waals surface area contributed by atoms with Crippen molar-refractivity contribution >= 4 is 17.8 Å². The van der Waals surface area contributed by atoms with Gasteiger partial charge in [-0.3, -0.25) is 14.9 Å². The lowest BCUT2D eigenvalue weighted by atomic mass is 9.84. The Labute approximate surface area is 130 Å². The normalized spacial score (nSPS) is 35.8. The molecule has 2 heterocycles. The van der Waals surface area contributed by atoms with E-state index in [0.29, 0.717) is 38.3 Å². The number of fused-ring (bicyclic) bond motifs is 2. The standard InChI is InChI=1S/C16H23N3O3/c20-13(9-12-8-10-1-2-11(12)7-10)19-5-3-16(4-6-19)14(21)17-15(22)18-16/h10-12H,1-9H2,(H2,17,18,21,22)/t10-,11-,12+/m0/s1. The van der Waals surface area contributed by atoms with Gasteiger partial charge in [0.1, 0.15) is 5.54 Å². The Morgan fingerprint density at radius 2 is 1.95 bits per heavy atom. The van der Waals surface area contributed by atoms with Crippen LogP contribution in [0, 0.1) is 17.8 Å². The van der Waals surface area contributed by atoms with Crippen LogP contribution in [0.5, 0.6) is 0 Å². The van der Waals surface area contributed by atoms with Gasteiger partial charge < -0.3 is 10.2 Å². The molecule has 2 N–H and O–H groups in total. The molecule has 4 fully saturated rings. The van der Waals surface area contributed by atoms with E-state index in [4.69, 9.17) is 0 Å². The number of urea groups is 1. The molecule has 4 aliphatic rings. The second-order valence-corrected chi connectivity index (χ2v) is 7.51. The maximum atomic E-state index is 12.5. The molecule has 0 aromatic heterocycles. The van der Waals surface area contributed by atoms with Crippen molar-refractivity contribution in [2.75, 3.05) is 13.1 Å². The van der Waals surface area contributed by atoms with Gasteiger partial charge in [-0.05, 0) is 49.9 Å². The van der Waals surface area contributed by atoms with Crippen molar-refractivity contribution in [1.29, 1.82) is 0 Å². The monoisotopic (exact) mass is 305 g/mol. The van der Waals surface area contributed by atoms with Gasteiger partial charge >= 0.3 is 6.03 Å². The van der Waals surface area contributed by atoms with Crippen molar-refractivity contribution in [2.24, 2.45) is 17.8 Å². The first-order valence-electron chi connectivity index (χ1n) is 8.47. The summed E-state index contributed by atoms with van der Waals surface area (Å²) in [5.74, 6) is 2.21. The summed E-state index contributed by atoms with van der Waals surface area (Å²) in [6.07, 6.45) is 6.93. The minimum atomic E-state index is -0.777. The SMILES string of the molecule is O=C1NC(=O)C2(CCN(C(=O)C[C@H]3C[C@H]4CC[C@H]3C4)CC2)N1. The van der Waals surface area contributed by atoms with Crippen molar-refractivity contribution in [2.45, 2.75) is 50.5 Å². The number of nitrogens with zero attached hydrogens (tertiary/aromatic N) is 1. The zero-order valence-corrected chi connectivity index (χ0v) is 12.8. The molecule has 6 heteroatoms. The first-order chi connectivity index (χ1) is 10.6. The third-order valence-corrected chi connectivity index (χ3v) is 6.31. The smallest absolute Gasteiger partial charge is 0.322 e. The minimum Gasteiger partial charge on any atom is -0.342 e. The van der Waals surface area contributed by atoms with Crippen molar-refractivity contribution in [1.82, 2.24) is 15.5 Å². The van der Waals surface area contributed by atoms with Crippen molar-refractivity contribution < 1.29 is 14.4 Å². The Morgan fingerprint density at radius 3 is 2.50 bits per heavy atom. The number of imide groups is 1. The Hall–Kier alpha value is -1.59. The van der Waals surface area contributed by atoms with E-state index < -0.39 is 11.6 Å². The second kappa shape index (κ2) is 4.96. The fraction of sp³-hybridized carbons (Fsp3) is 0.812. The van der Waals surface area contributed by atoms with Crippen LogP contribution in [-0.4, -0.2) is 41.4 Å². The Kier molecular flexibility index (Phi) is 3.16. The van der Waals surface area contributed by atoms with E-state index in [1.54, 1.807) is 0 Å². The highest BCUT2D eigenvalue weighted by Gasteiger charge is 2.48. The molecule has 2 saturated carbocycles. The highest BCUT2D eigenvalue weighted by molar-refractivity contribution is 6.07. The molecular weight excluding hydrogens is 282 g/mol. The van der Waals surface area contributed by atoms with Gasteiger partial charge in [0, 0.05) is 19.5 Å². The molecule has 6 nitrogen and oxygen atoms in total. The largest absolute Gasteiger partial charge is 0.342 e. The fourth-order valence-electron chi connectivity index (χ4n) is 5.00. The summed E-state index contributed by atoms with van der Waals surface area (Å²) in [6.45, 7) is 1.13. The molecule has 2 bridgehead atoms. The third-order valence-electron chi connectivity index (χ3n) is 6.31. The lowest BCUT2D eigenvalue weighted by molar-refractivity contribution is -0.136. The minimum absolute atomic E-state index is 0.233. The predicted molar refractivity (Wildman–Crippen MR) is 78.8 cm³/mol. The van der Waals surface area contributed by atoms with Gasteiger partial charge in [-0.2, -0.15) is 0 Å². The van der Waals surface area contributed by atoms with Gasteiger partial charge in [0.15, 0.2) is 0 Å². The molecule has 0 radical (unpaired) electrons. The third kappa shape index (κ3) is 2.20. The van der Waals surface area contributed by atoms with Crippen molar-refractivity contribution in [3.63, 3.8) is 0 Å². The molecule has 22 heavy (non-hydrogen) atoms. The number of carbonyl (C=O) groups is 3. The molecule has 0 aromatic carbocycles. The van der Waals surface area contributed by atoms with Crippen LogP contribution < -0.4 is 10.6 Å². The Balaban J connectivity index is 1.33. The number of likely N-dealkylation sites (tertiary alicyclic amines) is 1. The zero-order chi connectivity index (χ0) is 15.3. The van der Waals surface area contributed by atoms with E-state index in [0.717, 1.165) is 11.8 Å². The topological polar surface area (TPSA) is 78.5 Å². The van der Waals surface area contributed by atoms with E-state index in [9.17, 15) is 14.4 Å². The average Bonchev–Trinajstić information content (AvgIpc) is 3.16. The van der Waals surface area contributed by atoms with Crippen LogP contribution in [0.15, 0.2) is 0 Å². The maximum absolute atomic E-state index is 12.5. The first-order valence-corrected chi connectivity index (χ1v) is 8.47. The maximum Gasteiger partial charge on any atom is 0.322 e. The number of hydrogen-bond acceptors (Lipinski definition) is 3. The van der Waals surface area contributed by atoms with E-state index >= 15 is 0 Å². The summed E-state index contributed by atoms with van der Waals surface area (Å²) in [5.41, 5.74) is -0.777. The number of hydrogen-bond donors (Lipinski definition) is 2. The van der Waals surface area contributed by atoms with Crippen LogP contribution in [-0.2, 0) is 9.59 Å². The van der Waals surface area contributed by atoms with Crippen LogP contribution in [0.2, 0.25) is 0 Å². The number of carbonyl (C=O) groups excluding carboxylic acids is 3. The van der Waals surface area contributed by atoms with Gasteiger partial charge in [0.2, 0.25) is 5.91 Å². The summed E-state index contributed by atoms with van der Waals surface area (Å²) >= 11 is 0. The molecule has 2 aliphatic carbocycles. The zero-order valence-electron chi connectivity index (χ0n) is 12.8. The first kappa shape index (κ1) is 14.0. The van der Waals surface area contributed by atoms with E-state index in [-0.39, 0.29) is 11.8 Å². The second-order valence-electron chi connectivity index (χ2n) is 7.51. The van der Waals surface area contributed by atoms with E-state index in [1.807, 2.05) is 4.90 Å². The van der Waals surface area contributed by atoms with Crippen molar-refractivity contribution in [3.05, 3.63) is 0 Å². The molecule has 4 rings (SSSR count). The van der Waals surface area contributed by atoms with Crippen molar-refractivity contribution in [3.8, 4) is 0 Å². The quantitative estimate of drug-likeness (QED) is 0.748. The number of rotatable bonds is 2. The molecular formula is C16H23N3O3. The lowest BCUT2D eigenvalue weighted by Crippen LogP contribution is -2.55. The number of amides is 4. The lowest BCUT2D eigenvalue weighted by Gasteiger charge is -2.37. The highest BCUT2D eigenvalue weighted by Crippen LogP contribution is 2.49. The number of nitrogens with one attached hydrogen (secondary N) is 2. The van der Waals surface area contributed by atoms with Crippen LogP contribution >= 0.6 is 0 Å². The summed E-state index contributed by atoms with van der Waals surface area (Å²) in [7, 11) is 0. The highest BCUT2D eigenvalue weighted by atomic mass is 16.2. The fourth-order valence-corrected chi connectivity index (χ4v) is 5.00. The van der Waals surface area contributed by atoms with Gasteiger partial charge in [0.25, 0.3) is 5.91 Å². The summed E-state index contributed by atoms with van der Waals surface area (Å²) in [5, 5.41) is 5.04. The van der Waals surface area contributed by atoms with Crippen LogP contribution in [0.3, 0.4) is 0 Å². The Bertz CT molecular complexity index is 525. The molecule has 120 valence electrons. The molecule has 0 unspecified atom stereocenters. The molecule has 2 saturated heterocycles. The van der Waals surface area contributed by atoms with Gasteiger partial charge in [0.05, 0.1) is 0 Å². The van der Waals surface area contributed by atoms with Gasteiger partial charge in [-0.1, -0.05) is 6.42 Å². The van der Waals surface area contributed by atoms with Gasteiger partial charge in [-0.25, -0.2) is 4.79 Å². The van der Waals surface area contributed by atoms with Gasteiger partial charge in [-0.15, -0.1) is 0 Å². The molecule has 3 atom stereocenters. The average molecular weight is 305 g/mol. The Morgan fingerprint density at radius 1 is 1.18 bits per heavy atom. The summed E-state index contributed by atoms with van der Waals surface area (Å²) in [6, 6.07) is -0.410. The molecule has 1 spiro atoms. The number of piperidine rings is 1. The summed E-state index contributed by atoms with van der Waals surface area (Å²) in [4.78, 5) is 37.6. The molecule has 2 aliphatic heterocycles. The summed E-state index contributed by atoms with van der Waals surface area (Å²) < 4.78 is 0. The van der Waals surface area contributed by atoms with E-state index in [2.05, 4.69) is 10.6 Å². The van der Waals surface area contributed by atoms with Crippen LogP contribution in [0.1, 0.15) is 44.9 Å².